The molecule has 0 amide bonds. The third-order valence-corrected chi connectivity index (χ3v) is 1.21. The molecule has 0 aromatic heterocycles. The van der Waals surface area contributed by atoms with Gasteiger partial charge in [-0.2, -0.15) is 0 Å². The molecule has 0 spiro atoms. The van der Waals surface area contributed by atoms with Gasteiger partial charge in [-0.3, -0.25) is 9.59 Å². The fourth-order valence-corrected chi connectivity index (χ4v) is 0.542. The van der Waals surface area contributed by atoms with Crippen LogP contribution in [-0.2, 0) is 9.59 Å². The average molecular weight is 190 g/mol. The van der Waals surface area contributed by atoms with Gasteiger partial charge in [0, 0.05) is 12.8 Å². The number of rotatable bonds is 5. The lowest BCUT2D eigenvalue weighted by molar-refractivity contribution is -0.138. The van der Waals surface area contributed by atoms with E-state index in [1.807, 2.05) is 13.8 Å². The molecule has 78 valence electrons. The first-order valence-electron chi connectivity index (χ1n) is 4.48. The number of carboxylic acid groups (broad SMARTS) is 2. The van der Waals surface area contributed by atoms with Crippen molar-refractivity contribution in [3.8, 4) is 0 Å². The van der Waals surface area contributed by atoms with Crippen LogP contribution in [-0.4, -0.2) is 22.2 Å². The molecule has 0 aliphatic carbocycles. The van der Waals surface area contributed by atoms with Crippen LogP contribution in [0.5, 0.6) is 0 Å². The van der Waals surface area contributed by atoms with Crippen molar-refractivity contribution in [1.82, 2.24) is 0 Å². The summed E-state index contributed by atoms with van der Waals surface area (Å²) in [5.41, 5.74) is 0. The van der Waals surface area contributed by atoms with Gasteiger partial charge in [-0.1, -0.05) is 20.3 Å². The van der Waals surface area contributed by atoms with Crippen molar-refractivity contribution >= 4 is 11.9 Å². The monoisotopic (exact) mass is 190 g/mol. The highest BCUT2D eigenvalue weighted by molar-refractivity contribution is 5.66. The molecule has 0 fully saturated rings. The van der Waals surface area contributed by atoms with Gasteiger partial charge in [0.15, 0.2) is 0 Å². The molecule has 0 atom stereocenters. The maximum Gasteiger partial charge on any atom is 0.303 e. The molecule has 4 heteroatoms. The highest BCUT2D eigenvalue weighted by Gasteiger charge is 1.90. The Morgan fingerprint density at radius 2 is 1.38 bits per heavy atom. The van der Waals surface area contributed by atoms with Crippen LogP contribution < -0.4 is 0 Å². The summed E-state index contributed by atoms with van der Waals surface area (Å²) in [7, 11) is 0. The largest absolute Gasteiger partial charge is 0.481 e. The number of hydrogen-bond acceptors (Lipinski definition) is 2. The van der Waals surface area contributed by atoms with Crippen LogP contribution in [0.15, 0.2) is 0 Å². The Balaban J connectivity index is 0. The van der Waals surface area contributed by atoms with Gasteiger partial charge in [-0.25, -0.2) is 0 Å². The van der Waals surface area contributed by atoms with E-state index >= 15 is 0 Å². The van der Waals surface area contributed by atoms with Crippen LogP contribution in [0.1, 0.15) is 46.0 Å². The topological polar surface area (TPSA) is 74.6 Å². The molecule has 0 radical (unpaired) electrons. The molecule has 0 aliphatic heterocycles. The summed E-state index contributed by atoms with van der Waals surface area (Å²) >= 11 is 0. The van der Waals surface area contributed by atoms with Gasteiger partial charge >= 0.3 is 11.9 Å². The zero-order valence-electron chi connectivity index (χ0n) is 8.25. The van der Waals surface area contributed by atoms with Crippen LogP contribution >= 0.6 is 0 Å². The summed E-state index contributed by atoms with van der Waals surface area (Å²) in [5, 5.41) is 16.0. The SMILES string of the molecule is CCCC(=O)O.CCCCC(=O)O. The lowest BCUT2D eigenvalue weighted by atomic mass is 10.3. The molecular weight excluding hydrogens is 172 g/mol. The first kappa shape index (κ1) is 14.5. The quantitative estimate of drug-likeness (QED) is 0.696. The van der Waals surface area contributed by atoms with Gasteiger partial charge in [0.05, 0.1) is 0 Å². The molecule has 4 nitrogen and oxygen atoms in total. The fourth-order valence-electron chi connectivity index (χ4n) is 0.542. The zero-order chi connectivity index (χ0) is 10.7. The van der Waals surface area contributed by atoms with E-state index < -0.39 is 11.9 Å². The first-order valence-corrected chi connectivity index (χ1v) is 4.48. The van der Waals surface area contributed by atoms with Crippen molar-refractivity contribution in [2.75, 3.05) is 0 Å². The Morgan fingerprint density at radius 3 is 1.46 bits per heavy atom. The van der Waals surface area contributed by atoms with Crippen molar-refractivity contribution in [2.45, 2.75) is 46.0 Å². The normalized spacial score (nSPS) is 8.46. The maximum absolute atomic E-state index is 9.76. The predicted octanol–water partition coefficient (Wildman–Crippen LogP) is 2.13. The maximum atomic E-state index is 9.76. The molecule has 0 aromatic rings. The molecule has 13 heavy (non-hydrogen) atoms. The van der Waals surface area contributed by atoms with E-state index in [0.717, 1.165) is 19.3 Å². The van der Waals surface area contributed by atoms with Crippen molar-refractivity contribution in [2.24, 2.45) is 0 Å². The molecule has 0 unspecified atom stereocenters. The van der Waals surface area contributed by atoms with Crippen molar-refractivity contribution in [3.05, 3.63) is 0 Å². The molecule has 0 bridgehead atoms. The molecule has 0 heterocycles. The van der Waals surface area contributed by atoms with Crippen molar-refractivity contribution < 1.29 is 19.8 Å². The van der Waals surface area contributed by atoms with E-state index in [1.165, 1.54) is 0 Å². The highest BCUT2D eigenvalue weighted by atomic mass is 16.4. The van der Waals surface area contributed by atoms with E-state index in [2.05, 4.69) is 0 Å². The second-order valence-electron chi connectivity index (χ2n) is 2.64. The van der Waals surface area contributed by atoms with E-state index in [0.29, 0.717) is 12.8 Å². The minimum Gasteiger partial charge on any atom is -0.481 e. The highest BCUT2D eigenvalue weighted by Crippen LogP contribution is 1.91. The molecule has 2 N–H and O–H groups in total. The Bertz CT molecular complexity index is 143. The lowest BCUT2D eigenvalue weighted by Crippen LogP contribution is -1.91. The van der Waals surface area contributed by atoms with Gasteiger partial charge in [0.1, 0.15) is 0 Å². The number of hydrogen-bond donors (Lipinski definition) is 2. The molecule has 0 aliphatic rings. The minimum absolute atomic E-state index is 0.292. The Labute approximate surface area is 78.6 Å². The Hall–Kier alpha value is -1.06. The number of carboxylic acids is 2. The van der Waals surface area contributed by atoms with Crippen LogP contribution in [0, 0.1) is 0 Å². The zero-order valence-corrected chi connectivity index (χ0v) is 8.25. The number of aliphatic carboxylic acids is 2. The molecular formula is C9H18O4. The summed E-state index contributed by atoms with van der Waals surface area (Å²) < 4.78 is 0. The van der Waals surface area contributed by atoms with Crippen LogP contribution in [0.3, 0.4) is 0 Å². The minimum atomic E-state index is -0.711. The molecule has 0 rings (SSSR count). The molecule has 0 saturated heterocycles. The standard InChI is InChI=1S/C5H10O2.C4H8O2/c1-2-3-4-5(6)7;1-2-3-4(5)6/h2-4H2,1H3,(H,6,7);2-3H2,1H3,(H,5,6). The van der Waals surface area contributed by atoms with Crippen LogP contribution in [0.2, 0.25) is 0 Å². The second-order valence-corrected chi connectivity index (χ2v) is 2.64. The first-order chi connectivity index (χ1) is 6.04. The third-order valence-electron chi connectivity index (χ3n) is 1.21. The Morgan fingerprint density at radius 1 is 0.923 bits per heavy atom. The molecule has 0 aromatic carbocycles. The van der Waals surface area contributed by atoms with Gasteiger partial charge in [0.25, 0.3) is 0 Å². The van der Waals surface area contributed by atoms with Crippen molar-refractivity contribution in [1.29, 1.82) is 0 Å². The summed E-state index contributed by atoms with van der Waals surface area (Å²) in [6, 6.07) is 0. The van der Waals surface area contributed by atoms with Crippen LogP contribution in [0.25, 0.3) is 0 Å². The van der Waals surface area contributed by atoms with Gasteiger partial charge < -0.3 is 10.2 Å². The summed E-state index contributed by atoms with van der Waals surface area (Å²) in [6.45, 7) is 3.82. The summed E-state index contributed by atoms with van der Waals surface area (Å²) in [6.07, 6.45) is 3.10. The van der Waals surface area contributed by atoms with E-state index in [1.54, 1.807) is 0 Å². The van der Waals surface area contributed by atoms with E-state index in [9.17, 15) is 9.59 Å². The Kier molecular flexibility index (Phi) is 12.2. The number of unbranched alkanes of at least 4 members (excludes halogenated alkanes) is 1. The predicted molar refractivity (Wildman–Crippen MR) is 49.7 cm³/mol. The van der Waals surface area contributed by atoms with Gasteiger partial charge in [0.2, 0.25) is 0 Å². The lowest BCUT2D eigenvalue weighted by Gasteiger charge is -1.85. The third kappa shape index (κ3) is 24.8. The number of carbonyl (C=O) groups is 2. The van der Waals surface area contributed by atoms with E-state index in [-0.39, 0.29) is 0 Å². The fraction of sp³-hybridized carbons (Fsp3) is 0.778. The van der Waals surface area contributed by atoms with Crippen LogP contribution in [0.4, 0.5) is 0 Å². The summed E-state index contributed by atoms with van der Waals surface area (Å²) in [4.78, 5) is 19.4. The smallest absolute Gasteiger partial charge is 0.303 e. The van der Waals surface area contributed by atoms with Crippen molar-refractivity contribution in [3.63, 3.8) is 0 Å². The van der Waals surface area contributed by atoms with Gasteiger partial charge in [-0.05, 0) is 12.8 Å². The average Bonchev–Trinajstić information content (AvgIpc) is 2.01. The molecule has 0 saturated carbocycles. The van der Waals surface area contributed by atoms with Gasteiger partial charge in [-0.15, -0.1) is 0 Å². The van der Waals surface area contributed by atoms with E-state index in [4.69, 9.17) is 10.2 Å². The summed E-state index contributed by atoms with van der Waals surface area (Å²) in [5.74, 6) is -1.40. The second kappa shape index (κ2) is 10.9.